The first-order valence-corrected chi connectivity index (χ1v) is 5.62. The zero-order valence-electron chi connectivity index (χ0n) is 8.52. The number of halogens is 1. The minimum absolute atomic E-state index is 0.0481. The Labute approximate surface area is 83.5 Å². The normalized spacial score (nSPS) is 10.9. The Morgan fingerprint density at radius 3 is 2.38 bits per heavy atom. The Morgan fingerprint density at radius 1 is 1.31 bits per heavy atom. The van der Waals surface area contributed by atoms with Crippen molar-refractivity contribution in [2.45, 2.75) is 31.6 Å². The van der Waals surface area contributed by atoms with E-state index in [2.05, 4.69) is 0 Å². The molecule has 0 heterocycles. The topological polar surface area (TPSA) is 0 Å². The SMILES string of the molecule is CSc1cc(C)cc(C(C)C)c1F. The Hall–Kier alpha value is -0.500. The van der Waals surface area contributed by atoms with E-state index in [0.717, 1.165) is 16.0 Å². The Kier molecular flexibility index (Phi) is 3.37. The Balaban J connectivity index is 3.27. The third-order valence-electron chi connectivity index (χ3n) is 2.05. The highest BCUT2D eigenvalue weighted by Gasteiger charge is 2.11. The zero-order chi connectivity index (χ0) is 10.0. The molecule has 13 heavy (non-hydrogen) atoms. The fraction of sp³-hybridized carbons (Fsp3) is 0.455. The van der Waals surface area contributed by atoms with Crippen molar-refractivity contribution in [3.8, 4) is 0 Å². The highest BCUT2D eigenvalue weighted by molar-refractivity contribution is 7.98. The van der Waals surface area contributed by atoms with Gasteiger partial charge < -0.3 is 0 Å². The van der Waals surface area contributed by atoms with E-state index in [4.69, 9.17) is 0 Å². The lowest BCUT2D eigenvalue weighted by molar-refractivity contribution is 0.573. The smallest absolute Gasteiger partial charge is 0.140 e. The second kappa shape index (κ2) is 4.14. The lowest BCUT2D eigenvalue weighted by atomic mass is 10.0. The number of aryl methyl sites for hydroxylation is 1. The van der Waals surface area contributed by atoms with Crippen LogP contribution >= 0.6 is 11.8 Å². The highest BCUT2D eigenvalue weighted by atomic mass is 32.2. The number of hydrogen-bond donors (Lipinski definition) is 0. The largest absolute Gasteiger partial charge is 0.205 e. The molecule has 0 amide bonds. The Bertz CT molecular complexity index is 305. The molecule has 0 aliphatic heterocycles. The molecule has 72 valence electrons. The first-order chi connectivity index (χ1) is 6.06. The molecule has 0 fully saturated rings. The first kappa shape index (κ1) is 10.6. The van der Waals surface area contributed by atoms with Crippen LogP contribution in [0.5, 0.6) is 0 Å². The molecule has 0 aliphatic carbocycles. The predicted octanol–water partition coefficient (Wildman–Crippen LogP) is 3.98. The summed E-state index contributed by atoms with van der Waals surface area (Å²) in [6, 6.07) is 3.82. The first-order valence-electron chi connectivity index (χ1n) is 4.40. The van der Waals surface area contributed by atoms with Gasteiger partial charge in [-0.2, -0.15) is 0 Å². The summed E-state index contributed by atoms with van der Waals surface area (Å²) in [5.74, 6) is 0.207. The van der Waals surface area contributed by atoms with Gasteiger partial charge in [-0.15, -0.1) is 11.8 Å². The van der Waals surface area contributed by atoms with Crippen LogP contribution in [-0.4, -0.2) is 6.26 Å². The third-order valence-corrected chi connectivity index (χ3v) is 2.79. The Morgan fingerprint density at radius 2 is 1.92 bits per heavy atom. The molecular weight excluding hydrogens is 183 g/mol. The van der Waals surface area contributed by atoms with Crippen LogP contribution in [0.15, 0.2) is 17.0 Å². The molecule has 1 aromatic carbocycles. The van der Waals surface area contributed by atoms with Crippen LogP contribution < -0.4 is 0 Å². The van der Waals surface area contributed by atoms with Crippen molar-refractivity contribution < 1.29 is 4.39 Å². The molecule has 1 rings (SSSR count). The molecule has 0 aromatic heterocycles. The summed E-state index contributed by atoms with van der Waals surface area (Å²) in [4.78, 5) is 0.753. The van der Waals surface area contributed by atoms with Crippen LogP contribution in [0.4, 0.5) is 4.39 Å². The van der Waals surface area contributed by atoms with Crippen LogP contribution in [0.2, 0.25) is 0 Å². The molecule has 1 aromatic rings. The van der Waals surface area contributed by atoms with Gasteiger partial charge in [-0.25, -0.2) is 4.39 Å². The van der Waals surface area contributed by atoms with Crippen LogP contribution in [0, 0.1) is 12.7 Å². The van der Waals surface area contributed by atoms with E-state index in [1.165, 1.54) is 11.8 Å². The molecule has 0 N–H and O–H groups in total. The lowest BCUT2D eigenvalue weighted by Gasteiger charge is -2.11. The summed E-state index contributed by atoms with van der Waals surface area (Å²) in [6.45, 7) is 6.04. The summed E-state index contributed by atoms with van der Waals surface area (Å²) in [5.41, 5.74) is 1.96. The molecule has 0 aliphatic rings. The molecule has 0 spiro atoms. The minimum atomic E-state index is -0.0481. The second-order valence-electron chi connectivity index (χ2n) is 3.53. The summed E-state index contributed by atoms with van der Waals surface area (Å²) in [7, 11) is 0. The van der Waals surface area contributed by atoms with E-state index < -0.39 is 0 Å². The summed E-state index contributed by atoms with van der Waals surface area (Å²) in [5, 5.41) is 0. The number of benzene rings is 1. The van der Waals surface area contributed by atoms with Crippen molar-refractivity contribution in [2.24, 2.45) is 0 Å². The lowest BCUT2D eigenvalue weighted by Crippen LogP contribution is -1.96. The van der Waals surface area contributed by atoms with Gasteiger partial charge in [0, 0.05) is 4.90 Å². The second-order valence-corrected chi connectivity index (χ2v) is 4.37. The maximum absolute atomic E-state index is 13.7. The van der Waals surface area contributed by atoms with Gasteiger partial charge in [-0.05, 0) is 36.3 Å². The van der Waals surface area contributed by atoms with E-state index in [1.54, 1.807) is 0 Å². The van der Waals surface area contributed by atoms with Gasteiger partial charge in [-0.1, -0.05) is 19.9 Å². The van der Waals surface area contributed by atoms with E-state index in [0.29, 0.717) is 0 Å². The van der Waals surface area contributed by atoms with Gasteiger partial charge in [0.25, 0.3) is 0 Å². The fourth-order valence-electron chi connectivity index (χ4n) is 1.33. The molecular formula is C11H15FS. The van der Waals surface area contributed by atoms with Gasteiger partial charge in [0.2, 0.25) is 0 Å². The summed E-state index contributed by atoms with van der Waals surface area (Å²) in [6.07, 6.45) is 1.90. The van der Waals surface area contributed by atoms with E-state index in [1.807, 2.05) is 39.2 Å². The van der Waals surface area contributed by atoms with Gasteiger partial charge in [0.1, 0.15) is 5.82 Å². The average molecular weight is 198 g/mol. The van der Waals surface area contributed by atoms with Crippen molar-refractivity contribution in [2.75, 3.05) is 6.26 Å². The number of thioether (sulfide) groups is 1. The molecule has 0 nitrogen and oxygen atoms in total. The van der Waals surface area contributed by atoms with E-state index in [-0.39, 0.29) is 11.7 Å². The van der Waals surface area contributed by atoms with Crippen LogP contribution in [0.3, 0.4) is 0 Å². The molecule has 0 unspecified atom stereocenters. The van der Waals surface area contributed by atoms with Crippen molar-refractivity contribution in [3.05, 3.63) is 29.1 Å². The predicted molar refractivity (Wildman–Crippen MR) is 57.0 cm³/mol. The highest BCUT2D eigenvalue weighted by Crippen LogP contribution is 2.28. The fourth-order valence-corrected chi connectivity index (χ4v) is 1.93. The number of rotatable bonds is 2. The summed E-state index contributed by atoms with van der Waals surface area (Å²) >= 11 is 1.47. The third kappa shape index (κ3) is 2.25. The van der Waals surface area contributed by atoms with Crippen molar-refractivity contribution in [3.63, 3.8) is 0 Å². The van der Waals surface area contributed by atoms with Gasteiger partial charge in [0.15, 0.2) is 0 Å². The molecule has 0 saturated carbocycles. The molecule has 0 bridgehead atoms. The van der Waals surface area contributed by atoms with Gasteiger partial charge in [0.05, 0.1) is 0 Å². The van der Waals surface area contributed by atoms with Crippen LogP contribution in [-0.2, 0) is 0 Å². The molecule has 2 heteroatoms. The summed E-state index contributed by atoms with van der Waals surface area (Å²) < 4.78 is 13.7. The van der Waals surface area contributed by atoms with Crippen molar-refractivity contribution in [1.29, 1.82) is 0 Å². The van der Waals surface area contributed by atoms with Gasteiger partial charge >= 0.3 is 0 Å². The standard InChI is InChI=1S/C11H15FS/c1-7(2)9-5-8(3)6-10(13-4)11(9)12/h5-7H,1-4H3. The van der Waals surface area contributed by atoms with Crippen molar-refractivity contribution >= 4 is 11.8 Å². The van der Waals surface area contributed by atoms with E-state index >= 15 is 0 Å². The number of hydrogen-bond acceptors (Lipinski definition) is 1. The van der Waals surface area contributed by atoms with Crippen LogP contribution in [0.1, 0.15) is 30.9 Å². The van der Waals surface area contributed by atoms with Crippen LogP contribution in [0.25, 0.3) is 0 Å². The average Bonchev–Trinajstić information content (AvgIpc) is 2.08. The van der Waals surface area contributed by atoms with E-state index in [9.17, 15) is 4.39 Å². The molecule has 0 atom stereocenters. The van der Waals surface area contributed by atoms with Crippen molar-refractivity contribution in [1.82, 2.24) is 0 Å². The maximum Gasteiger partial charge on any atom is 0.140 e. The monoisotopic (exact) mass is 198 g/mol. The quantitative estimate of drug-likeness (QED) is 0.648. The molecule has 0 radical (unpaired) electrons. The van der Waals surface area contributed by atoms with Gasteiger partial charge in [-0.3, -0.25) is 0 Å². The zero-order valence-corrected chi connectivity index (χ0v) is 9.33. The maximum atomic E-state index is 13.7. The minimum Gasteiger partial charge on any atom is -0.205 e. The molecule has 0 saturated heterocycles.